The van der Waals surface area contributed by atoms with E-state index in [1.54, 1.807) is 0 Å². The number of nitrogens with zero attached hydrogens (tertiary/aromatic N) is 1. The second-order valence-corrected chi connectivity index (χ2v) is 6.78. The first-order valence-corrected chi connectivity index (χ1v) is 8.86. The van der Waals surface area contributed by atoms with E-state index in [-0.39, 0.29) is 6.61 Å². The van der Waals surface area contributed by atoms with Gasteiger partial charge in [-0.1, -0.05) is 31.0 Å². The van der Waals surface area contributed by atoms with Gasteiger partial charge in [0.15, 0.2) is 0 Å². The minimum atomic E-state index is -0.455. The Labute approximate surface area is 150 Å². The van der Waals surface area contributed by atoms with E-state index in [4.69, 9.17) is 9.47 Å². The predicted molar refractivity (Wildman–Crippen MR) is 101 cm³/mol. The van der Waals surface area contributed by atoms with Crippen molar-refractivity contribution in [3.63, 3.8) is 0 Å². The molecule has 0 saturated heterocycles. The van der Waals surface area contributed by atoms with Crippen molar-refractivity contribution >= 4 is 0 Å². The lowest BCUT2D eigenvalue weighted by Crippen LogP contribution is -2.17. The average Bonchev–Trinajstić information content (AvgIpc) is 2.52. The van der Waals surface area contributed by atoms with Gasteiger partial charge in [-0.3, -0.25) is 0 Å². The van der Waals surface area contributed by atoms with Crippen LogP contribution in [0, 0.1) is 34.6 Å². The maximum Gasteiger partial charge on any atom is 0.226 e. The summed E-state index contributed by atoms with van der Waals surface area (Å²) >= 11 is 0. The zero-order valence-corrected chi connectivity index (χ0v) is 16.1. The minimum Gasteiger partial charge on any atom is -0.490 e. The summed E-state index contributed by atoms with van der Waals surface area (Å²) in [6.07, 6.45) is 1.21. The Hall–Kier alpha value is -2.07. The molecule has 0 aliphatic heterocycles. The minimum absolute atomic E-state index is 0.278. The summed E-state index contributed by atoms with van der Waals surface area (Å²) in [6.45, 7) is 12.3. The highest BCUT2D eigenvalue weighted by Gasteiger charge is 2.15. The van der Waals surface area contributed by atoms with Crippen LogP contribution in [0.1, 0.15) is 47.7 Å². The van der Waals surface area contributed by atoms with Gasteiger partial charge in [0.25, 0.3) is 0 Å². The fourth-order valence-electron chi connectivity index (χ4n) is 2.96. The first kappa shape index (κ1) is 19.3. The van der Waals surface area contributed by atoms with Crippen molar-refractivity contribution in [1.29, 1.82) is 0 Å². The van der Waals surface area contributed by atoms with Crippen molar-refractivity contribution in [3.8, 4) is 17.4 Å². The van der Waals surface area contributed by atoms with Crippen LogP contribution in [0.15, 0.2) is 18.2 Å². The molecule has 0 amide bonds. The van der Waals surface area contributed by atoms with Gasteiger partial charge >= 0.3 is 0 Å². The molecule has 1 N–H and O–H groups in total. The molecule has 136 valence electrons. The molecule has 4 heteroatoms. The molecular formula is C21H29NO3. The van der Waals surface area contributed by atoms with Crippen molar-refractivity contribution in [1.82, 2.24) is 4.98 Å². The van der Waals surface area contributed by atoms with Crippen molar-refractivity contribution in [2.45, 2.75) is 60.5 Å². The quantitative estimate of drug-likeness (QED) is 0.772. The fraction of sp³-hybridized carbons (Fsp3) is 0.476. The number of aliphatic hydroxyl groups is 1. The number of aryl methyl sites for hydroxylation is 4. The molecule has 25 heavy (non-hydrogen) atoms. The number of hydrogen-bond acceptors (Lipinski definition) is 4. The van der Waals surface area contributed by atoms with E-state index in [9.17, 15) is 5.11 Å². The van der Waals surface area contributed by atoms with Crippen LogP contribution in [0.25, 0.3) is 0 Å². The van der Waals surface area contributed by atoms with Crippen LogP contribution in [-0.4, -0.2) is 22.8 Å². The molecule has 2 aromatic rings. The molecule has 1 atom stereocenters. The summed E-state index contributed by atoms with van der Waals surface area (Å²) in [4.78, 5) is 4.53. The van der Waals surface area contributed by atoms with Crippen molar-refractivity contribution in [3.05, 3.63) is 46.1 Å². The largest absolute Gasteiger partial charge is 0.490 e. The maximum absolute atomic E-state index is 9.90. The zero-order chi connectivity index (χ0) is 18.6. The van der Waals surface area contributed by atoms with E-state index in [0.29, 0.717) is 11.6 Å². The summed E-state index contributed by atoms with van der Waals surface area (Å²) in [5, 5.41) is 9.90. The molecule has 2 rings (SSSR count). The second-order valence-electron chi connectivity index (χ2n) is 6.78. The van der Waals surface area contributed by atoms with Crippen molar-refractivity contribution in [2.75, 3.05) is 6.61 Å². The van der Waals surface area contributed by atoms with Crippen LogP contribution in [0.5, 0.6) is 17.4 Å². The Balaban J connectivity index is 2.27. The number of rotatable bonds is 7. The van der Waals surface area contributed by atoms with Gasteiger partial charge in [-0.15, -0.1) is 0 Å². The van der Waals surface area contributed by atoms with Crippen LogP contribution in [0.3, 0.4) is 0 Å². The molecule has 0 spiro atoms. The highest BCUT2D eigenvalue weighted by atomic mass is 16.5. The molecule has 1 aromatic carbocycles. The number of pyridine rings is 1. The summed E-state index contributed by atoms with van der Waals surface area (Å²) in [7, 11) is 0. The number of hydrogen-bond donors (Lipinski definition) is 1. The summed E-state index contributed by atoms with van der Waals surface area (Å²) in [5.41, 5.74) is 5.05. The molecule has 0 saturated carbocycles. The van der Waals surface area contributed by atoms with E-state index in [1.165, 1.54) is 5.56 Å². The normalized spacial score (nSPS) is 12.1. The Morgan fingerprint density at radius 3 is 2.28 bits per heavy atom. The van der Waals surface area contributed by atoms with E-state index in [2.05, 4.69) is 24.0 Å². The summed E-state index contributed by atoms with van der Waals surface area (Å²) < 4.78 is 12.0. The first-order valence-electron chi connectivity index (χ1n) is 8.86. The zero-order valence-electron chi connectivity index (χ0n) is 16.1. The fourth-order valence-corrected chi connectivity index (χ4v) is 2.96. The van der Waals surface area contributed by atoms with Crippen LogP contribution in [-0.2, 0) is 0 Å². The topological polar surface area (TPSA) is 51.6 Å². The van der Waals surface area contributed by atoms with E-state index >= 15 is 0 Å². The second kappa shape index (κ2) is 8.34. The van der Waals surface area contributed by atoms with E-state index in [0.717, 1.165) is 41.0 Å². The van der Waals surface area contributed by atoms with E-state index < -0.39 is 6.10 Å². The van der Waals surface area contributed by atoms with Gasteiger partial charge in [0.2, 0.25) is 5.88 Å². The van der Waals surface area contributed by atoms with Crippen LogP contribution >= 0.6 is 0 Å². The molecule has 0 radical (unpaired) electrons. The molecule has 1 unspecified atom stereocenters. The number of aliphatic hydroxyl groups excluding tert-OH is 1. The predicted octanol–water partition coefficient (Wildman–Crippen LogP) is 4.96. The molecule has 0 fully saturated rings. The number of benzene rings is 1. The Morgan fingerprint density at radius 1 is 1.04 bits per heavy atom. The Morgan fingerprint density at radius 2 is 1.68 bits per heavy atom. The van der Waals surface area contributed by atoms with Crippen molar-refractivity contribution in [2.24, 2.45) is 0 Å². The average molecular weight is 343 g/mol. The van der Waals surface area contributed by atoms with Gasteiger partial charge < -0.3 is 14.6 Å². The van der Waals surface area contributed by atoms with Gasteiger partial charge in [0.05, 0.1) is 11.7 Å². The molecule has 0 aliphatic carbocycles. The summed E-state index contributed by atoms with van der Waals surface area (Å²) in [6, 6.07) is 6.09. The van der Waals surface area contributed by atoms with Crippen LogP contribution < -0.4 is 9.47 Å². The molecule has 4 nitrogen and oxygen atoms in total. The third-order valence-electron chi connectivity index (χ3n) is 4.16. The van der Waals surface area contributed by atoms with Gasteiger partial charge in [0, 0.05) is 11.8 Å². The summed E-state index contributed by atoms with van der Waals surface area (Å²) in [5.74, 6) is 2.10. The first-order chi connectivity index (χ1) is 11.8. The lowest BCUT2D eigenvalue weighted by Gasteiger charge is -2.17. The smallest absolute Gasteiger partial charge is 0.226 e. The van der Waals surface area contributed by atoms with Gasteiger partial charge in [0.1, 0.15) is 18.1 Å². The van der Waals surface area contributed by atoms with Gasteiger partial charge in [-0.25, -0.2) is 4.98 Å². The van der Waals surface area contributed by atoms with Crippen molar-refractivity contribution < 1.29 is 14.6 Å². The van der Waals surface area contributed by atoms with Gasteiger partial charge in [-0.2, -0.15) is 0 Å². The SMILES string of the molecule is CCCC(O)COc1cc(C)nc(Oc2c(C)cc(C)cc2C)c1C. The maximum atomic E-state index is 9.90. The lowest BCUT2D eigenvalue weighted by molar-refractivity contribution is 0.0987. The molecule has 1 heterocycles. The van der Waals surface area contributed by atoms with Crippen LogP contribution in [0.4, 0.5) is 0 Å². The van der Waals surface area contributed by atoms with Gasteiger partial charge in [-0.05, 0) is 52.2 Å². The molecular weight excluding hydrogens is 314 g/mol. The lowest BCUT2D eigenvalue weighted by atomic mass is 10.1. The highest BCUT2D eigenvalue weighted by Crippen LogP contribution is 2.34. The number of ether oxygens (including phenoxy) is 2. The third-order valence-corrected chi connectivity index (χ3v) is 4.16. The molecule has 0 aliphatic rings. The third kappa shape index (κ3) is 4.95. The molecule has 1 aromatic heterocycles. The monoisotopic (exact) mass is 343 g/mol. The Kier molecular flexibility index (Phi) is 6.43. The Bertz CT molecular complexity index is 717. The number of aromatic nitrogens is 1. The van der Waals surface area contributed by atoms with Crippen LogP contribution in [0.2, 0.25) is 0 Å². The highest BCUT2D eigenvalue weighted by molar-refractivity contribution is 5.48. The standard InChI is InChI=1S/C21H29NO3/c1-7-8-18(23)12-24-19-11-16(5)22-21(17(19)6)25-20-14(3)9-13(2)10-15(20)4/h9-11,18,23H,7-8,12H2,1-6H3. The molecule has 0 bridgehead atoms. The van der Waals surface area contributed by atoms with E-state index in [1.807, 2.05) is 40.7 Å².